The molecule has 2 unspecified atom stereocenters. The lowest BCUT2D eigenvalue weighted by Gasteiger charge is -2.17. The summed E-state index contributed by atoms with van der Waals surface area (Å²) in [5.74, 6) is 0.407. The summed E-state index contributed by atoms with van der Waals surface area (Å²) in [5, 5.41) is 0. The summed E-state index contributed by atoms with van der Waals surface area (Å²) in [5.41, 5.74) is 1.12. The zero-order chi connectivity index (χ0) is 9.84. The van der Waals surface area contributed by atoms with Gasteiger partial charge in [0.2, 0.25) is 0 Å². The van der Waals surface area contributed by atoms with E-state index in [-0.39, 0.29) is 11.9 Å². The first-order chi connectivity index (χ1) is 6.16. The van der Waals surface area contributed by atoms with Crippen LogP contribution in [-0.2, 0) is 9.53 Å². The largest absolute Gasteiger partial charge is 0.466 e. The third-order valence-corrected chi connectivity index (χ3v) is 2.74. The zero-order valence-corrected chi connectivity index (χ0v) is 8.51. The molecule has 0 aliphatic heterocycles. The number of hydrogen-bond donors (Lipinski definition) is 0. The predicted octanol–water partition coefficient (Wildman–Crippen LogP) is 2.54. The average Bonchev–Trinajstić information content (AvgIpc) is 2.52. The number of hydrogen-bond acceptors (Lipinski definition) is 2. The van der Waals surface area contributed by atoms with Gasteiger partial charge in [-0.15, -0.1) is 0 Å². The Balaban J connectivity index is 2.57. The molecule has 2 nitrogen and oxygen atoms in total. The molecule has 0 radical (unpaired) electrons. The highest BCUT2D eigenvalue weighted by atomic mass is 16.5. The van der Waals surface area contributed by atoms with E-state index < -0.39 is 0 Å². The molecule has 2 atom stereocenters. The van der Waals surface area contributed by atoms with Crippen LogP contribution in [0, 0.1) is 11.8 Å². The van der Waals surface area contributed by atoms with Gasteiger partial charge in [0.05, 0.1) is 12.5 Å². The second-order valence-electron chi connectivity index (χ2n) is 3.74. The number of carbonyl (C=O) groups excluding carboxylic acids is 1. The summed E-state index contributed by atoms with van der Waals surface area (Å²) in [6, 6.07) is 0. The van der Waals surface area contributed by atoms with Gasteiger partial charge in [0, 0.05) is 0 Å². The lowest BCUT2D eigenvalue weighted by atomic mass is 9.90. The van der Waals surface area contributed by atoms with E-state index in [0.717, 1.165) is 24.8 Å². The molecule has 1 aliphatic carbocycles. The first-order valence-corrected chi connectivity index (χ1v) is 4.98. The highest BCUT2D eigenvalue weighted by Crippen LogP contribution is 2.36. The van der Waals surface area contributed by atoms with Crippen molar-refractivity contribution in [2.75, 3.05) is 6.61 Å². The summed E-state index contributed by atoms with van der Waals surface area (Å²) in [4.78, 5) is 11.5. The van der Waals surface area contributed by atoms with Gasteiger partial charge in [-0.1, -0.05) is 18.6 Å². The van der Waals surface area contributed by atoms with Crippen molar-refractivity contribution in [3.63, 3.8) is 0 Å². The van der Waals surface area contributed by atoms with Crippen LogP contribution >= 0.6 is 0 Å². The quantitative estimate of drug-likeness (QED) is 0.495. The van der Waals surface area contributed by atoms with E-state index in [2.05, 4.69) is 6.58 Å². The van der Waals surface area contributed by atoms with Gasteiger partial charge in [-0.25, -0.2) is 0 Å². The average molecular weight is 182 g/mol. The minimum absolute atomic E-state index is 0.0343. The van der Waals surface area contributed by atoms with Crippen molar-refractivity contribution in [1.82, 2.24) is 0 Å². The standard InChI is InChI=1S/C11H18O2/c1-4-13-11(12)10-7-5-6-9(10)8(2)3/h9-10H,2,4-7H2,1,3H3. The molecule has 1 aliphatic rings. The molecular formula is C11H18O2. The van der Waals surface area contributed by atoms with Gasteiger partial charge >= 0.3 is 5.97 Å². The fourth-order valence-electron chi connectivity index (χ4n) is 2.08. The van der Waals surface area contributed by atoms with E-state index >= 15 is 0 Å². The molecule has 0 bridgehead atoms. The fraction of sp³-hybridized carbons (Fsp3) is 0.727. The Morgan fingerprint density at radius 3 is 2.62 bits per heavy atom. The van der Waals surface area contributed by atoms with Crippen LogP contribution in [0.25, 0.3) is 0 Å². The third-order valence-electron chi connectivity index (χ3n) is 2.74. The maximum atomic E-state index is 11.5. The highest BCUT2D eigenvalue weighted by molar-refractivity contribution is 5.73. The molecule has 0 amide bonds. The first kappa shape index (κ1) is 10.3. The Labute approximate surface area is 80.0 Å². The summed E-state index contributed by atoms with van der Waals surface area (Å²) in [7, 11) is 0. The minimum atomic E-state index is -0.0343. The van der Waals surface area contributed by atoms with Gasteiger partial charge < -0.3 is 4.74 Å². The smallest absolute Gasteiger partial charge is 0.309 e. The van der Waals surface area contributed by atoms with E-state index in [1.807, 2.05) is 13.8 Å². The van der Waals surface area contributed by atoms with Gasteiger partial charge in [0.1, 0.15) is 0 Å². The van der Waals surface area contributed by atoms with Crippen LogP contribution in [0.3, 0.4) is 0 Å². The molecule has 1 saturated carbocycles. The van der Waals surface area contributed by atoms with Crippen molar-refractivity contribution in [2.24, 2.45) is 11.8 Å². The monoisotopic (exact) mass is 182 g/mol. The second kappa shape index (κ2) is 4.45. The van der Waals surface area contributed by atoms with E-state index in [0.29, 0.717) is 12.5 Å². The maximum Gasteiger partial charge on any atom is 0.309 e. The van der Waals surface area contributed by atoms with Crippen molar-refractivity contribution in [3.8, 4) is 0 Å². The highest BCUT2D eigenvalue weighted by Gasteiger charge is 2.34. The molecule has 1 fully saturated rings. The van der Waals surface area contributed by atoms with Gasteiger partial charge in [0.25, 0.3) is 0 Å². The van der Waals surface area contributed by atoms with E-state index in [9.17, 15) is 4.79 Å². The number of rotatable bonds is 3. The first-order valence-electron chi connectivity index (χ1n) is 4.98. The molecule has 0 heterocycles. The number of esters is 1. The Morgan fingerprint density at radius 2 is 2.08 bits per heavy atom. The molecule has 0 aromatic rings. The normalized spacial score (nSPS) is 27.2. The molecule has 0 aromatic heterocycles. The van der Waals surface area contributed by atoms with Crippen LogP contribution in [0.2, 0.25) is 0 Å². The lowest BCUT2D eigenvalue weighted by Crippen LogP contribution is -2.21. The fourth-order valence-corrected chi connectivity index (χ4v) is 2.08. The maximum absolute atomic E-state index is 11.5. The summed E-state index contributed by atoms with van der Waals surface area (Å²) >= 11 is 0. The van der Waals surface area contributed by atoms with Crippen LogP contribution in [0.1, 0.15) is 33.1 Å². The van der Waals surface area contributed by atoms with E-state index in [1.165, 1.54) is 0 Å². The number of ether oxygens (including phenoxy) is 1. The molecule has 0 aromatic carbocycles. The Bertz CT molecular complexity index is 208. The Kier molecular flexibility index (Phi) is 3.52. The van der Waals surface area contributed by atoms with Crippen LogP contribution in [0.15, 0.2) is 12.2 Å². The predicted molar refractivity (Wildman–Crippen MR) is 52.3 cm³/mol. The summed E-state index contributed by atoms with van der Waals surface area (Å²) in [6.07, 6.45) is 3.19. The Morgan fingerprint density at radius 1 is 1.46 bits per heavy atom. The SMILES string of the molecule is C=C(C)C1CCCC1C(=O)OCC. The molecule has 0 N–H and O–H groups in total. The topological polar surface area (TPSA) is 26.3 Å². The van der Waals surface area contributed by atoms with Gasteiger partial charge in [-0.2, -0.15) is 0 Å². The summed E-state index contributed by atoms with van der Waals surface area (Å²) in [6.45, 7) is 8.26. The van der Waals surface area contributed by atoms with Gasteiger partial charge in [0.15, 0.2) is 0 Å². The summed E-state index contributed by atoms with van der Waals surface area (Å²) < 4.78 is 5.03. The molecule has 0 saturated heterocycles. The molecule has 2 heteroatoms. The van der Waals surface area contributed by atoms with Crippen molar-refractivity contribution in [1.29, 1.82) is 0 Å². The van der Waals surface area contributed by atoms with Crippen molar-refractivity contribution in [3.05, 3.63) is 12.2 Å². The van der Waals surface area contributed by atoms with Crippen molar-refractivity contribution < 1.29 is 9.53 Å². The minimum Gasteiger partial charge on any atom is -0.466 e. The third kappa shape index (κ3) is 2.33. The number of carbonyl (C=O) groups is 1. The van der Waals surface area contributed by atoms with Crippen LogP contribution in [0.4, 0.5) is 0 Å². The van der Waals surface area contributed by atoms with E-state index in [4.69, 9.17) is 4.74 Å². The molecule has 13 heavy (non-hydrogen) atoms. The van der Waals surface area contributed by atoms with Crippen molar-refractivity contribution >= 4 is 5.97 Å². The van der Waals surface area contributed by atoms with Gasteiger partial charge in [-0.05, 0) is 32.6 Å². The van der Waals surface area contributed by atoms with Crippen molar-refractivity contribution in [2.45, 2.75) is 33.1 Å². The second-order valence-corrected chi connectivity index (χ2v) is 3.74. The number of allylic oxidation sites excluding steroid dienone is 1. The molecule has 1 rings (SSSR count). The molecular weight excluding hydrogens is 164 g/mol. The zero-order valence-electron chi connectivity index (χ0n) is 8.51. The Hall–Kier alpha value is -0.790. The van der Waals surface area contributed by atoms with Gasteiger partial charge in [-0.3, -0.25) is 4.79 Å². The lowest BCUT2D eigenvalue weighted by molar-refractivity contribution is -0.148. The van der Waals surface area contributed by atoms with E-state index in [1.54, 1.807) is 0 Å². The molecule has 74 valence electrons. The van der Waals surface area contributed by atoms with Crippen LogP contribution in [-0.4, -0.2) is 12.6 Å². The van der Waals surface area contributed by atoms with Crippen LogP contribution in [0.5, 0.6) is 0 Å². The molecule has 0 spiro atoms. The van der Waals surface area contributed by atoms with Crippen LogP contribution < -0.4 is 0 Å².